The first-order chi connectivity index (χ1) is 6.36. The van der Waals surface area contributed by atoms with Crippen LogP contribution in [0.1, 0.15) is 18.5 Å². The van der Waals surface area contributed by atoms with Crippen LogP contribution in [0, 0.1) is 0 Å². The van der Waals surface area contributed by atoms with Crippen molar-refractivity contribution in [3.63, 3.8) is 0 Å². The molecule has 1 fully saturated rings. The predicted octanol–water partition coefficient (Wildman–Crippen LogP) is 1.31. The van der Waals surface area contributed by atoms with Gasteiger partial charge < -0.3 is 10.6 Å². The standard InChI is InChI=1S/C11H16N2/c1-9(13-11-7-12-8-11)10-5-3-2-4-6-10/h2-6,9,11-13H,7-8H2,1H3. The zero-order valence-corrected chi connectivity index (χ0v) is 7.96. The summed E-state index contributed by atoms with van der Waals surface area (Å²) in [5.41, 5.74) is 1.37. The molecule has 13 heavy (non-hydrogen) atoms. The van der Waals surface area contributed by atoms with Crippen molar-refractivity contribution in [3.05, 3.63) is 35.9 Å². The van der Waals surface area contributed by atoms with Gasteiger partial charge >= 0.3 is 0 Å². The molecule has 70 valence electrons. The summed E-state index contributed by atoms with van der Waals surface area (Å²) in [6.45, 7) is 4.43. The molecule has 1 aromatic rings. The van der Waals surface area contributed by atoms with Gasteiger partial charge in [-0.15, -0.1) is 0 Å². The normalized spacial score (nSPS) is 19.5. The van der Waals surface area contributed by atoms with E-state index >= 15 is 0 Å². The molecule has 0 aliphatic carbocycles. The van der Waals surface area contributed by atoms with Crippen molar-refractivity contribution in [1.82, 2.24) is 10.6 Å². The second kappa shape index (κ2) is 3.90. The number of hydrogen-bond donors (Lipinski definition) is 2. The number of rotatable bonds is 3. The van der Waals surface area contributed by atoms with Crippen LogP contribution in [0.2, 0.25) is 0 Å². The summed E-state index contributed by atoms with van der Waals surface area (Å²) in [6.07, 6.45) is 0. The zero-order valence-electron chi connectivity index (χ0n) is 7.96. The van der Waals surface area contributed by atoms with Gasteiger partial charge in [0, 0.05) is 25.2 Å². The van der Waals surface area contributed by atoms with Gasteiger partial charge in [0.1, 0.15) is 0 Å². The molecule has 0 saturated carbocycles. The zero-order chi connectivity index (χ0) is 9.10. The summed E-state index contributed by atoms with van der Waals surface area (Å²) in [7, 11) is 0. The van der Waals surface area contributed by atoms with Crippen LogP contribution in [0.5, 0.6) is 0 Å². The Morgan fingerprint density at radius 2 is 2.00 bits per heavy atom. The van der Waals surface area contributed by atoms with Gasteiger partial charge in [-0.25, -0.2) is 0 Å². The smallest absolute Gasteiger partial charge is 0.0322 e. The molecule has 2 heteroatoms. The van der Waals surface area contributed by atoms with E-state index in [9.17, 15) is 0 Å². The molecule has 1 aromatic carbocycles. The first-order valence-corrected chi connectivity index (χ1v) is 4.88. The van der Waals surface area contributed by atoms with Crippen LogP contribution < -0.4 is 10.6 Å². The third kappa shape index (κ3) is 2.08. The lowest BCUT2D eigenvalue weighted by Crippen LogP contribution is -2.55. The van der Waals surface area contributed by atoms with E-state index in [0.717, 1.165) is 13.1 Å². The SMILES string of the molecule is CC(NC1CNC1)c1ccccc1. The van der Waals surface area contributed by atoms with Gasteiger partial charge in [-0.3, -0.25) is 0 Å². The lowest BCUT2D eigenvalue weighted by atomic mass is 10.1. The Balaban J connectivity index is 1.92. The molecule has 2 nitrogen and oxygen atoms in total. The molecule has 1 atom stereocenters. The van der Waals surface area contributed by atoms with Gasteiger partial charge in [-0.2, -0.15) is 0 Å². The van der Waals surface area contributed by atoms with E-state index in [1.165, 1.54) is 5.56 Å². The summed E-state index contributed by atoms with van der Waals surface area (Å²) in [5.74, 6) is 0. The molecule has 0 spiro atoms. The number of benzene rings is 1. The van der Waals surface area contributed by atoms with Crippen molar-refractivity contribution < 1.29 is 0 Å². The highest BCUT2D eigenvalue weighted by Gasteiger charge is 2.18. The Morgan fingerprint density at radius 3 is 2.54 bits per heavy atom. The van der Waals surface area contributed by atoms with Gasteiger partial charge in [0.25, 0.3) is 0 Å². The highest BCUT2D eigenvalue weighted by molar-refractivity contribution is 5.18. The third-order valence-electron chi connectivity index (χ3n) is 2.57. The first-order valence-electron chi connectivity index (χ1n) is 4.88. The number of nitrogens with one attached hydrogen (secondary N) is 2. The largest absolute Gasteiger partial charge is 0.314 e. The van der Waals surface area contributed by atoms with Crippen LogP contribution in [-0.4, -0.2) is 19.1 Å². The Labute approximate surface area is 79.4 Å². The maximum Gasteiger partial charge on any atom is 0.0322 e. The molecule has 0 amide bonds. The van der Waals surface area contributed by atoms with Crippen molar-refractivity contribution >= 4 is 0 Å². The average Bonchev–Trinajstić information content (AvgIpc) is 2.12. The third-order valence-corrected chi connectivity index (χ3v) is 2.57. The van der Waals surface area contributed by atoms with Crippen molar-refractivity contribution in [3.8, 4) is 0 Å². The van der Waals surface area contributed by atoms with Gasteiger partial charge in [0.05, 0.1) is 0 Å². The van der Waals surface area contributed by atoms with Crippen LogP contribution in [0.4, 0.5) is 0 Å². The molecular weight excluding hydrogens is 160 g/mol. The lowest BCUT2D eigenvalue weighted by molar-refractivity contribution is 0.338. The first kappa shape index (κ1) is 8.73. The number of hydrogen-bond acceptors (Lipinski definition) is 2. The molecule has 1 heterocycles. The monoisotopic (exact) mass is 176 g/mol. The molecule has 0 bridgehead atoms. The summed E-state index contributed by atoms with van der Waals surface area (Å²) >= 11 is 0. The molecule has 1 aliphatic heterocycles. The maximum atomic E-state index is 3.57. The van der Waals surface area contributed by atoms with Gasteiger partial charge in [0.15, 0.2) is 0 Å². The van der Waals surface area contributed by atoms with Crippen molar-refractivity contribution in [2.45, 2.75) is 19.0 Å². The van der Waals surface area contributed by atoms with E-state index in [1.807, 2.05) is 0 Å². The van der Waals surface area contributed by atoms with Crippen molar-refractivity contribution in [1.29, 1.82) is 0 Å². The predicted molar refractivity (Wildman–Crippen MR) is 54.7 cm³/mol. The molecule has 1 aliphatic rings. The molecule has 1 unspecified atom stereocenters. The summed E-state index contributed by atoms with van der Waals surface area (Å²) in [5, 5.41) is 6.83. The second-order valence-electron chi connectivity index (χ2n) is 3.65. The van der Waals surface area contributed by atoms with Gasteiger partial charge in [-0.1, -0.05) is 30.3 Å². The highest BCUT2D eigenvalue weighted by atomic mass is 15.1. The topological polar surface area (TPSA) is 24.1 Å². The van der Waals surface area contributed by atoms with E-state index in [0.29, 0.717) is 12.1 Å². The van der Waals surface area contributed by atoms with Gasteiger partial charge in [-0.05, 0) is 12.5 Å². The minimum atomic E-state index is 0.466. The minimum Gasteiger partial charge on any atom is -0.314 e. The molecule has 1 saturated heterocycles. The Morgan fingerprint density at radius 1 is 1.31 bits per heavy atom. The molecule has 0 aromatic heterocycles. The van der Waals surface area contributed by atoms with Crippen molar-refractivity contribution in [2.75, 3.05) is 13.1 Å². The van der Waals surface area contributed by atoms with E-state index in [-0.39, 0.29) is 0 Å². The highest BCUT2D eigenvalue weighted by Crippen LogP contribution is 2.12. The molecule has 2 N–H and O–H groups in total. The van der Waals surface area contributed by atoms with Crippen LogP contribution in [-0.2, 0) is 0 Å². The average molecular weight is 176 g/mol. The lowest BCUT2D eigenvalue weighted by Gasteiger charge is -2.31. The maximum absolute atomic E-state index is 3.57. The van der Waals surface area contributed by atoms with Gasteiger partial charge in [0.2, 0.25) is 0 Å². The molecule has 2 rings (SSSR count). The van der Waals surface area contributed by atoms with E-state index in [1.54, 1.807) is 0 Å². The Kier molecular flexibility index (Phi) is 2.62. The summed E-state index contributed by atoms with van der Waals surface area (Å²) in [4.78, 5) is 0. The quantitative estimate of drug-likeness (QED) is 0.725. The van der Waals surface area contributed by atoms with E-state index < -0.39 is 0 Å². The minimum absolute atomic E-state index is 0.466. The fourth-order valence-electron chi connectivity index (χ4n) is 1.60. The van der Waals surface area contributed by atoms with Crippen LogP contribution >= 0.6 is 0 Å². The fourth-order valence-corrected chi connectivity index (χ4v) is 1.60. The summed E-state index contributed by atoms with van der Waals surface area (Å²) in [6, 6.07) is 11.7. The molecule has 0 radical (unpaired) electrons. The molecular formula is C11H16N2. The van der Waals surface area contributed by atoms with E-state index in [4.69, 9.17) is 0 Å². The van der Waals surface area contributed by atoms with Crippen LogP contribution in [0.3, 0.4) is 0 Å². The van der Waals surface area contributed by atoms with E-state index in [2.05, 4.69) is 47.9 Å². The van der Waals surface area contributed by atoms with Crippen LogP contribution in [0.25, 0.3) is 0 Å². The summed E-state index contributed by atoms with van der Waals surface area (Å²) < 4.78 is 0. The Bertz CT molecular complexity index is 254. The fraction of sp³-hybridized carbons (Fsp3) is 0.455. The Hall–Kier alpha value is -0.860. The van der Waals surface area contributed by atoms with Crippen molar-refractivity contribution in [2.24, 2.45) is 0 Å². The second-order valence-corrected chi connectivity index (χ2v) is 3.65. The van der Waals surface area contributed by atoms with Crippen LogP contribution in [0.15, 0.2) is 30.3 Å².